The Labute approximate surface area is 629 Å². The van der Waals surface area contributed by atoms with Crippen molar-refractivity contribution in [2.75, 3.05) is 0 Å². The number of halogens is 2. The summed E-state index contributed by atoms with van der Waals surface area (Å²) < 4.78 is 13.4. The Morgan fingerprint density at radius 2 is 0.765 bits per heavy atom. The predicted molar refractivity (Wildman–Crippen MR) is 411 cm³/mol. The largest absolute Gasteiger partial charge is 0.444 e. The van der Waals surface area contributed by atoms with Gasteiger partial charge in [-0.05, 0) is 106 Å². The third-order valence-corrected chi connectivity index (χ3v) is 20.1. The summed E-state index contributed by atoms with van der Waals surface area (Å²) in [5.41, 5.74) is 15.4. The number of thiazole rings is 5. The number of imidazole rings is 1. The molecule has 0 aliphatic rings. The molecule has 31 heteroatoms. The third kappa shape index (κ3) is 27.6. The van der Waals surface area contributed by atoms with Crippen molar-refractivity contribution in [1.29, 1.82) is 0 Å². The summed E-state index contributed by atoms with van der Waals surface area (Å²) in [4.78, 5) is 97.6. The first kappa shape index (κ1) is 83.5. The number of rotatable bonds is 16. The average Bonchev–Trinajstić information content (AvgIpc) is 1.65. The van der Waals surface area contributed by atoms with Crippen molar-refractivity contribution < 1.29 is 23.9 Å². The predicted octanol–water partition coefficient (Wildman–Crippen LogP) is 16.5. The molecule has 0 saturated heterocycles. The van der Waals surface area contributed by atoms with Crippen LogP contribution >= 0.6 is 79.9 Å². The van der Waals surface area contributed by atoms with Crippen LogP contribution in [0.1, 0.15) is 260 Å². The van der Waals surface area contributed by atoms with Crippen LogP contribution in [-0.2, 0) is 51.5 Å². The topological polar surface area (TPSA) is 330 Å². The number of hydrogen-bond acceptors (Lipinski definition) is 25. The van der Waals surface area contributed by atoms with Crippen LogP contribution in [0.25, 0.3) is 11.0 Å². The number of nitrogens with zero attached hydrogens (tertiary/aromatic N) is 14. The van der Waals surface area contributed by atoms with Crippen LogP contribution in [0.2, 0.25) is 8.93 Å². The molecule has 5 unspecified atom stereocenters. The fourth-order valence-electron chi connectivity index (χ4n) is 8.58. The third-order valence-electron chi connectivity index (χ3n) is 14.0. The fourth-order valence-corrected chi connectivity index (χ4v) is 13.3. The van der Waals surface area contributed by atoms with Gasteiger partial charge in [0.1, 0.15) is 39.9 Å². The van der Waals surface area contributed by atoms with Gasteiger partial charge in [0.15, 0.2) is 8.93 Å². The summed E-state index contributed by atoms with van der Waals surface area (Å²) in [6.07, 6.45) is 24.7. The number of pyridine rings is 1. The van der Waals surface area contributed by atoms with Gasteiger partial charge in [0.05, 0.1) is 51.2 Å². The Balaban J connectivity index is 0.000000211. The molecule has 550 valence electrons. The molecule has 10 heterocycles. The van der Waals surface area contributed by atoms with Gasteiger partial charge in [-0.15, -0.1) is 56.7 Å². The number of nitrogens with one attached hydrogen (secondary N) is 3. The number of carbonyl (C=O) groups excluding carboxylic acids is 3. The maximum atomic E-state index is 12.8. The maximum Gasteiger partial charge on any atom is 0.408 e. The number of amides is 3. The van der Waals surface area contributed by atoms with Crippen LogP contribution in [-0.4, -0.2) is 98.7 Å². The molecule has 0 aromatic carbocycles. The zero-order chi connectivity index (χ0) is 75.7. The first-order chi connectivity index (χ1) is 47.5. The van der Waals surface area contributed by atoms with Crippen molar-refractivity contribution in [3.63, 3.8) is 0 Å². The van der Waals surface area contributed by atoms with E-state index in [1.807, 2.05) is 137 Å². The minimum absolute atomic E-state index is 0.0120. The molecule has 24 nitrogen and oxygen atoms in total. The van der Waals surface area contributed by atoms with Gasteiger partial charge in [-0.2, -0.15) is 0 Å². The zero-order valence-electron chi connectivity index (χ0n) is 62.1. The minimum Gasteiger partial charge on any atom is -0.444 e. The second-order valence-corrected chi connectivity index (χ2v) is 35.9. The molecule has 0 radical (unpaired) electrons. The van der Waals surface area contributed by atoms with E-state index in [0.29, 0.717) is 27.5 Å². The van der Waals surface area contributed by atoms with Crippen molar-refractivity contribution >= 4 is 109 Å². The summed E-state index contributed by atoms with van der Waals surface area (Å²) in [7, 11) is 0. The molecular formula is C71H97Cl2N19O5S5. The molecule has 3 amide bonds. The number of aryl methyl sites for hydroxylation is 1. The first-order valence-corrected chi connectivity index (χ1v) is 38.0. The van der Waals surface area contributed by atoms with E-state index in [1.54, 1.807) is 71.2 Å². The van der Waals surface area contributed by atoms with Crippen molar-refractivity contribution in [2.24, 2.45) is 11.5 Å². The second-order valence-electron chi connectivity index (χ2n) is 29.1. The molecule has 5 atom stereocenters. The van der Waals surface area contributed by atoms with Crippen molar-refractivity contribution in [2.45, 2.75) is 229 Å². The fraction of sp³-hybridized carbons (Fsp3) is 0.493. The van der Waals surface area contributed by atoms with Gasteiger partial charge in [-0.1, -0.05) is 85.5 Å². The van der Waals surface area contributed by atoms with Crippen LogP contribution in [0.15, 0.2) is 86.8 Å². The van der Waals surface area contributed by atoms with Crippen molar-refractivity contribution in [3.8, 4) is 0 Å². The van der Waals surface area contributed by atoms with Crippen molar-refractivity contribution in [3.05, 3.63) is 175 Å². The Morgan fingerprint density at radius 3 is 1.08 bits per heavy atom. The monoisotopic (exact) mass is 1530 g/mol. The van der Waals surface area contributed by atoms with E-state index in [9.17, 15) is 14.4 Å². The molecule has 0 fully saturated rings. The molecule has 102 heavy (non-hydrogen) atoms. The number of carbonyl (C=O) groups is 3. The number of ether oxygens (including phenoxy) is 2. The van der Waals surface area contributed by atoms with E-state index in [4.69, 9.17) is 44.1 Å². The standard InChI is InChI=1S/C23H27N7OS.C19H28N4O2S.C14H20N4S.C10H15ClN2O2S.C5H7ClN2S/c1-6-30-13-28-17-11-24-16(8-18(17)30)21(31)29-14(2)19-12-25-20(32-19)7-15-9-26-22(27-10-15)23(3,4)5;1-12(23-17(24)25-19(5,6)7)14-11-20-15(26-14)8-13-9-21-16(22-10-13)18(2,3)4;1-9(15)11-8-16-12(19-11)5-10-6-17-13(18-7-10)14(2,3)4;1-6(7-5-12-8(11)16-7)13-9(14)15-10(2,3)4;1-3(7)4-2-8-5(6)9-4/h8-14H,6-7H2,1-5H3,(H,29,31);9-12H,8H2,1-7H3,(H,23,24);6-9H,5,15H2,1-4H3;5-6H,1-4H3,(H,13,14);2-3H,7H2,1H3. The van der Waals surface area contributed by atoms with Gasteiger partial charge in [0, 0.05) is 147 Å². The molecule has 0 saturated carbocycles. The number of nitrogens with two attached hydrogens (primary N) is 2. The van der Waals surface area contributed by atoms with E-state index >= 15 is 0 Å². The minimum atomic E-state index is -0.512. The van der Waals surface area contributed by atoms with Gasteiger partial charge in [-0.25, -0.2) is 74.4 Å². The molecule has 10 aromatic heterocycles. The van der Waals surface area contributed by atoms with E-state index in [0.717, 1.165) is 97.6 Å². The highest BCUT2D eigenvalue weighted by Crippen LogP contribution is 2.29. The van der Waals surface area contributed by atoms with E-state index in [-0.39, 0.29) is 52.4 Å². The van der Waals surface area contributed by atoms with Gasteiger partial charge in [0.2, 0.25) is 0 Å². The summed E-state index contributed by atoms with van der Waals surface area (Å²) in [5, 5.41) is 11.6. The lowest BCUT2D eigenvalue weighted by atomic mass is 9.96. The van der Waals surface area contributed by atoms with E-state index in [1.165, 1.54) is 22.7 Å². The van der Waals surface area contributed by atoms with Gasteiger partial charge < -0.3 is 41.5 Å². The average molecular weight is 1530 g/mol. The highest BCUT2D eigenvalue weighted by atomic mass is 35.5. The van der Waals surface area contributed by atoms with Gasteiger partial charge in [-0.3, -0.25) is 4.79 Å². The van der Waals surface area contributed by atoms with E-state index in [2.05, 4.69) is 143 Å². The van der Waals surface area contributed by atoms with Crippen LogP contribution in [0, 0.1) is 0 Å². The second kappa shape index (κ2) is 36.8. The summed E-state index contributed by atoms with van der Waals surface area (Å²) in [6.45, 7) is 42.3. The molecule has 7 N–H and O–H groups in total. The maximum absolute atomic E-state index is 12.8. The Hall–Kier alpha value is -7.48. The molecule has 0 bridgehead atoms. The SMILES string of the molecule is CC(N)c1cnc(Cc2cnc(C(C)(C)C)nc2)s1.CC(N)c1cnc(Cl)s1.CC(NC(=O)OC(C)(C)C)c1cnc(Cc2cnc(C(C)(C)C)nc2)s1.CC(NC(=O)OC(C)(C)C)c1cnc(Cl)s1.CCn1cnc2cnc(C(=O)NC(C)c3cnc(Cc4cnc(C(C)(C)C)nc4)s3)cc21. The van der Waals surface area contributed by atoms with Crippen LogP contribution < -0.4 is 27.4 Å². The van der Waals surface area contributed by atoms with Crippen LogP contribution in [0.5, 0.6) is 0 Å². The lowest BCUT2D eigenvalue weighted by Crippen LogP contribution is -2.33. The van der Waals surface area contributed by atoms with E-state index < -0.39 is 23.4 Å². The summed E-state index contributed by atoms with van der Waals surface area (Å²) in [5.74, 6) is 2.30. The highest BCUT2D eigenvalue weighted by Gasteiger charge is 2.24. The zero-order valence-corrected chi connectivity index (χ0v) is 67.6. The molecule has 0 aliphatic heterocycles. The lowest BCUT2D eigenvalue weighted by Gasteiger charge is -2.21. The number of fused-ring (bicyclic) bond motifs is 1. The van der Waals surface area contributed by atoms with Crippen LogP contribution in [0.4, 0.5) is 9.59 Å². The Kier molecular flexibility index (Phi) is 30.1. The smallest absolute Gasteiger partial charge is 0.408 e. The van der Waals surface area contributed by atoms with Gasteiger partial charge >= 0.3 is 12.2 Å². The number of alkyl carbamates (subject to hydrolysis) is 2. The van der Waals surface area contributed by atoms with Crippen molar-refractivity contribution in [1.82, 2.24) is 85.3 Å². The molecular weight excluding hydrogens is 1430 g/mol. The highest BCUT2D eigenvalue weighted by molar-refractivity contribution is 7.16. The summed E-state index contributed by atoms with van der Waals surface area (Å²) in [6, 6.07) is 1.39. The molecule has 0 spiro atoms. The summed E-state index contributed by atoms with van der Waals surface area (Å²) >= 11 is 18.8. The molecule has 10 aromatic rings. The number of aromatic nitrogens is 14. The Bertz CT molecular complexity index is 4270. The molecule has 10 rings (SSSR count). The Morgan fingerprint density at radius 1 is 0.441 bits per heavy atom. The normalized spacial score (nSPS) is 13.2. The van der Waals surface area contributed by atoms with Gasteiger partial charge in [0.25, 0.3) is 5.91 Å². The quantitative estimate of drug-likeness (QED) is 0.0600. The molecule has 0 aliphatic carbocycles. The van der Waals surface area contributed by atoms with Crippen LogP contribution in [0.3, 0.4) is 0 Å². The first-order valence-electron chi connectivity index (χ1n) is 33.1. The number of hydrogen-bond donors (Lipinski definition) is 5. The lowest BCUT2D eigenvalue weighted by molar-refractivity contribution is 0.0497.